The number of fused-ring (bicyclic) bond motifs is 1. The molecule has 92 valence electrons. The van der Waals surface area contributed by atoms with Gasteiger partial charge < -0.3 is 5.32 Å². The van der Waals surface area contributed by atoms with Crippen LogP contribution in [0.15, 0.2) is 23.1 Å². The van der Waals surface area contributed by atoms with Crippen molar-refractivity contribution in [2.45, 2.75) is 35.3 Å². The lowest BCUT2D eigenvalue weighted by atomic mass is 10.1. The minimum absolute atomic E-state index is 0.373. The van der Waals surface area contributed by atoms with E-state index < -0.39 is 14.6 Å². The molecule has 1 aliphatic heterocycles. The Bertz CT molecular complexity index is 562. The first kappa shape index (κ1) is 11.4. The Morgan fingerprint density at radius 1 is 1.24 bits per heavy atom. The van der Waals surface area contributed by atoms with Gasteiger partial charge in [0.2, 0.25) is 0 Å². The summed E-state index contributed by atoms with van der Waals surface area (Å²) in [7, 11) is -3.25. The summed E-state index contributed by atoms with van der Waals surface area (Å²) in [5, 5.41) is 3.69. The number of halogens is 1. The van der Waals surface area contributed by atoms with Gasteiger partial charge in [-0.1, -0.05) is 30.5 Å². The van der Waals surface area contributed by atoms with E-state index in [4.69, 9.17) is 11.6 Å². The molecule has 0 atom stereocenters. The molecule has 1 N–H and O–H groups in total. The zero-order chi connectivity index (χ0) is 12.1. The van der Waals surface area contributed by atoms with Crippen molar-refractivity contribution in [3.05, 3.63) is 23.2 Å². The van der Waals surface area contributed by atoms with Crippen molar-refractivity contribution in [1.29, 1.82) is 0 Å². The molecule has 1 saturated carbocycles. The molecular weight excluding hydrogens is 258 g/mol. The first-order valence-electron chi connectivity index (χ1n) is 5.84. The van der Waals surface area contributed by atoms with Gasteiger partial charge in [0.15, 0.2) is 9.84 Å². The molecule has 17 heavy (non-hydrogen) atoms. The average molecular weight is 272 g/mol. The molecule has 0 radical (unpaired) electrons. The van der Waals surface area contributed by atoms with Gasteiger partial charge in [-0.25, -0.2) is 8.42 Å². The van der Waals surface area contributed by atoms with E-state index in [0.29, 0.717) is 22.2 Å². The molecular formula is C12H14ClNO2S. The summed E-state index contributed by atoms with van der Waals surface area (Å²) in [4.78, 5) is 0.373. The summed E-state index contributed by atoms with van der Waals surface area (Å²) in [6.07, 6.45) is 3.51. The molecule has 1 aromatic carbocycles. The number of rotatable bonds is 0. The molecule has 1 aromatic rings. The van der Waals surface area contributed by atoms with Crippen LogP contribution in [0, 0.1) is 0 Å². The molecule has 1 spiro atoms. The predicted octanol–water partition coefficient (Wildman–Crippen LogP) is 2.85. The van der Waals surface area contributed by atoms with E-state index in [9.17, 15) is 8.42 Å². The Morgan fingerprint density at radius 3 is 2.65 bits per heavy atom. The van der Waals surface area contributed by atoms with Crippen LogP contribution in [-0.4, -0.2) is 19.7 Å². The lowest BCUT2D eigenvalue weighted by molar-refractivity contribution is 0.516. The van der Waals surface area contributed by atoms with Crippen LogP contribution in [-0.2, 0) is 9.84 Å². The zero-order valence-electron chi connectivity index (χ0n) is 9.37. The first-order valence-corrected chi connectivity index (χ1v) is 7.70. The van der Waals surface area contributed by atoms with Crippen molar-refractivity contribution in [3.8, 4) is 0 Å². The van der Waals surface area contributed by atoms with E-state index in [1.54, 1.807) is 18.2 Å². The second kappa shape index (κ2) is 3.62. The van der Waals surface area contributed by atoms with Crippen molar-refractivity contribution < 1.29 is 8.42 Å². The highest BCUT2D eigenvalue weighted by molar-refractivity contribution is 7.93. The highest BCUT2D eigenvalue weighted by Gasteiger charge is 2.50. The Balaban J connectivity index is 2.22. The fourth-order valence-corrected chi connectivity index (χ4v) is 5.50. The van der Waals surface area contributed by atoms with Crippen LogP contribution >= 0.6 is 11.6 Å². The molecule has 3 rings (SSSR count). The van der Waals surface area contributed by atoms with E-state index in [2.05, 4.69) is 5.32 Å². The molecule has 0 saturated heterocycles. The lowest BCUT2D eigenvalue weighted by Gasteiger charge is -2.35. The SMILES string of the molecule is O=S1(=O)c2cccc(Cl)c2NCC12CCCC2. The smallest absolute Gasteiger partial charge is 0.187 e. The number of nitrogens with one attached hydrogen (secondary N) is 1. The molecule has 1 fully saturated rings. The normalized spacial score (nSPS) is 24.3. The van der Waals surface area contributed by atoms with Gasteiger partial charge in [-0.3, -0.25) is 0 Å². The Morgan fingerprint density at radius 2 is 1.94 bits per heavy atom. The molecule has 0 amide bonds. The zero-order valence-corrected chi connectivity index (χ0v) is 10.9. The largest absolute Gasteiger partial charge is 0.381 e. The fraction of sp³-hybridized carbons (Fsp3) is 0.500. The van der Waals surface area contributed by atoms with Gasteiger partial charge in [-0.2, -0.15) is 0 Å². The van der Waals surface area contributed by atoms with E-state index in [0.717, 1.165) is 25.7 Å². The quantitative estimate of drug-likeness (QED) is 0.789. The second-order valence-corrected chi connectivity index (χ2v) is 7.58. The first-order chi connectivity index (χ1) is 8.07. The number of sulfone groups is 1. The van der Waals surface area contributed by atoms with Gasteiger partial charge in [0, 0.05) is 6.54 Å². The minimum Gasteiger partial charge on any atom is -0.381 e. The summed E-state index contributed by atoms with van der Waals surface area (Å²) in [5.41, 5.74) is 0.576. The lowest BCUT2D eigenvalue weighted by Crippen LogP contribution is -2.46. The van der Waals surface area contributed by atoms with Crippen molar-refractivity contribution >= 4 is 27.1 Å². The van der Waals surface area contributed by atoms with Crippen LogP contribution in [0.5, 0.6) is 0 Å². The number of para-hydroxylation sites is 1. The van der Waals surface area contributed by atoms with Crippen LogP contribution in [0.2, 0.25) is 5.02 Å². The van der Waals surface area contributed by atoms with Gasteiger partial charge in [-0.05, 0) is 25.0 Å². The molecule has 3 nitrogen and oxygen atoms in total. The highest BCUT2D eigenvalue weighted by Crippen LogP contribution is 2.46. The van der Waals surface area contributed by atoms with Crippen molar-refractivity contribution in [3.63, 3.8) is 0 Å². The fourth-order valence-electron chi connectivity index (χ4n) is 2.94. The maximum atomic E-state index is 12.7. The summed E-state index contributed by atoms with van der Waals surface area (Å²) in [5.74, 6) is 0. The van der Waals surface area contributed by atoms with Crippen molar-refractivity contribution in [2.75, 3.05) is 11.9 Å². The van der Waals surface area contributed by atoms with Gasteiger partial charge in [0.25, 0.3) is 0 Å². The van der Waals surface area contributed by atoms with E-state index in [1.807, 2.05) is 0 Å². The Kier molecular flexibility index (Phi) is 2.42. The maximum Gasteiger partial charge on any atom is 0.187 e. The maximum absolute atomic E-state index is 12.7. The molecule has 0 bridgehead atoms. The summed E-state index contributed by atoms with van der Waals surface area (Å²) >= 11 is 6.04. The standard InChI is InChI=1S/C12H14ClNO2S/c13-9-4-3-5-10-11(9)14-8-12(17(10,15)16)6-1-2-7-12/h3-5,14H,1-2,6-8H2. The van der Waals surface area contributed by atoms with Crippen molar-refractivity contribution in [1.82, 2.24) is 0 Å². The monoisotopic (exact) mass is 271 g/mol. The van der Waals surface area contributed by atoms with Crippen molar-refractivity contribution in [2.24, 2.45) is 0 Å². The summed E-state index contributed by atoms with van der Waals surface area (Å²) in [6.45, 7) is 0.492. The summed E-state index contributed by atoms with van der Waals surface area (Å²) < 4.78 is 24.8. The van der Waals surface area contributed by atoms with Gasteiger partial charge >= 0.3 is 0 Å². The molecule has 0 unspecified atom stereocenters. The van der Waals surface area contributed by atoms with Crippen LogP contribution in [0.4, 0.5) is 5.69 Å². The highest BCUT2D eigenvalue weighted by atomic mass is 35.5. The topological polar surface area (TPSA) is 46.2 Å². The van der Waals surface area contributed by atoms with Crippen LogP contribution in [0.1, 0.15) is 25.7 Å². The number of anilines is 1. The van der Waals surface area contributed by atoms with Crippen LogP contribution < -0.4 is 5.32 Å². The third kappa shape index (κ3) is 1.43. The third-order valence-corrected chi connectivity index (χ3v) is 6.86. The van der Waals surface area contributed by atoms with Crippen LogP contribution in [0.3, 0.4) is 0 Å². The second-order valence-electron chi connectivity index (χ2n) is 4.86. The number of hydrogen-bond acceptors (Lipinski definition) is 3. The summed E-state index contributed by atoms with van der Waals surface area (Å²) in [6, 6.07) is 5.08. The predicted molar refractivity (Wildman–Crippen MR) is 68.3 cm³/mol. The average Bonchev–Trinajstić information content (AvgIpc) is 2.75. The molecule has 1 heterocycles. The number of hydrogen-bond donors (Lipinski definition) is 1. The van der Waals surface area contributed by atoms with E-state index in [-0.39, 0.29) is 0 Å². The van der Waals surface area contributed by atoms with Gasteiger partial charge in [0.1, 0.15) is 0 Å². The molecule has 5 heteroatoms. The minimum atomic E-state index is -3.25. The van der Waals surface area contributed by atoms with E-state index in [1.165, 1.54) is 0 Å². The molecule has 1 aliphatic carbocycles. The third-order valence-electron chi connectivity index (χ3n) is 3.94. The molecule has 0 aromatic heterocycles. The van der Waals surface area contributed by atoms with Gasteiger partial charge in [0.05, 0.1) is 20.4 Å². The number of benzene rings is 1. The Hall–Kier alpha value is -0.740. The Labute approximate surface area is 106 Å². The van der Waals surface area contributed by atoms with E-state index >= 15 is 0 Å². The van der Waals surface area contributed by atoms with Gasteiger partial charge in [-0.15, -0.1) is 0 Å². The molecule has 2 aliphatic rings. The van der Waals surface area contributed by atoms with Crippen LogP contribution in [0.25, 0.3) is 0 Å².